The molecule has 1 amide bonds. The second kappa shape index (κ2) is 6.55. The zero-order valence-corrected chi connectivity index (χ0v) is 14.1. The fourth-order valence-corrected chi connectivity index (χ4v) is 3.10. The van der Waals surface area contributed by atoms with Crippen LogP contribution in [0.15, 0.2) is 48.5 Å². The number of aryl methyl sites for hydroxylation is 2. The first-order chi connectivity index (χ1) is 11.1. The number of amides is 1. The Kier molecular flexibility index (Phi) is 4.49. The van der Waals surface area contributed by atoms with Crippen LogP contribution in [0.5, 0.6) is 0 Å². The van der Waals surface area contributed by atoms with Gasteiger partial charge in [-0.2, -0.15) is 0 Å². The average molecular weight is 308 g/mol. The lowest BCUT2D eigenvalue weighted by atomic mass is 10.1. The van der Waals surface area contributed by atoms with Crippen molar-refractivity contribution in [1.82, 2.24) is 4.90 Å². The molecule has 2 aromatic carbocycles. The molecule has 0 N–H and O–H groups in total. The number of nitrogens with zero attached hydrogens (tertiary/aromatic N) is 2. The topological polar surface area (TPSA) is 23.6 Å². The maximum absolute atomic E-state index is 12.8. The van der Waals surface area contributed by atoms with Gasteiger partial charge in [-0.05, 0) is 49.6 Å². The molecule has 1 atom stereocenters. The van der Waals surface area contributed by atoms with E-state index in [1.165, 1.54) is 16.7 Å². The van der Waals surface area contributed by atoms with Crippen LogP contribution in [0.4, 0.5) is 5.69 Å². The summed E-state index contributed by atoms with van der Waals surface area (Å²) < 4.78 is 0. The van der Waals surface area contributed by atoms with Crippen molar-refractivity contribution >= 4 is 11.6 Å². The fraction of sp³-hybridized carbons (Fsp3) is 0.350. The number of anilines is 1. The second-order valence-corrected chi connectivity index (χ2v) is 6.39. The second-order valence-electron chi connectivity index (χ2n) is 6.39. The Hall–Kier alpha value is -2.13. The Bertz CT molecular complexity index is 696. The Labute approximate surface area is 138 Å². The van der Waals surface area contributed by atoms with Gasteiger partial charge in [0.1, 0.15) is 0 Å². The zero-order valence-electron chi connectivity index (χ0n) is 14.1. The van der Waals surface area contributed by atoms with Crippen molar-refractivity contribution in [1.29, 1.82) is 0 Å². The monoisotopic (exact) mass is 308 g/mol. The summed E-state index contributed by atoms with van der Waals surface area (Å²) in [5.41, 5.74) is 4.77. The summed E-state index contributed by atoms with van der Waals surface area (Å²) >= 11 is 0. The van der Waals surface area contributed by atoms with Crippen LogP contribution in [0.2, 0.25) is 0 Å². The summed E-state index contributed by atoms with van der Waals surface area (Å²) in [4.78, 5) is 17.0. The number of carbonyl (C=O) groups is 1. The molecule has 120 valence electrons. The molecular formula is C20H24N2O. The number of benzene rings is 2. The maximum atomic E-state index is 12.8. The van der Waals surface area contributed by atoms with E-state index in [0.717, 1.165) is 25.3 Å². The van der Waals surface area contributed by atoms with E-state index in [1.54, 1.807) is 0 Å². The Morgan fingerprint density at radius 1 is 1.00 bits per heavy atom. The first-order valence-electron chi connectivity index (χ1n) is 8.23. The van der Waals surface area contributed by atoms with Crippen LogP contribution in [0.25, 0.3) is 0 Å². The number of piperazine rings is 1. The van der Waals surface area contributed by atoms with Crippen molar-refractivity contribution in [3.63, 3.8) is 0 Å². The predicted molar refractivity (Wildman–Crippen MR) is 94.6 cm³/mol. The molecule has 3 nitrogen and oxygen atoms in total. The van der Waals surface area contributed by atoms with Gasteiger partial charge in [0.15, 0.2) is 0 Å². The minimum absolute atomic E-state index is 0.0921. The Morgan fingerprint density at radius 2 is 1.74 bits per heavy atom. The number of hydrogen-bond donors (Lipinski definition) is 0. The minimum Gasteiger partial charge on any atom is -0.310 e. The fourth-order valence-electron chi connectivity index (χ4n) is 3.10. The van der Waals surface area contributed by atoms with Crippen LogP contribution in [0.1, 0.15) is 23.6 Å². The molecular weight excluding hydrogens is 284 g/mol. The summed E-state index contributed by atoms with van der Waals surface area (Å²) in [6.45, 7) is 8.68. The molecule has 0 saturated carbocycles. The SMILES string of the molecule is Cc1ccc(N2CCN(Cc3ccccc3)[C@H](C)C2=O)cc1C. The highest BCUT2D eigenvalue weighted by molar-refractivity contribution is 5.97. The first-order valence-corrected chi connectivity index (χ1v) is 8.23. The molecule has 0 bridgehead atoms. The highest BCUT2D eigenvalue weighted by Gasteiger charge is 2.32. The average Bonchev–Trinajstić information content (AvgIpc) is 2.56. The van der Waals surface area contributed by atoms with E-state index in [2.05, 4.69) is 49.1 Å². The lowest BCUT2D eigenvalue weighted by molar-refractivity contribution is -0.125. The molecule has 1 fully saturated rings. The van der Waals surface area contributed by atoms with E-state index in [0.29, 0.717) is 0 Å². The van der Waals surface area contributed by atoms with E-state index in [9.17, 15) is 4.79 Å². The molecule has 0 unspecified atom stereocenters. The zero-order chi connectivity index (χ0) is 16.4. The third-order valence-corrected chi connectivity index (χ3v) is 4.81. The van der Waals surface area contributed by atoms with Gasteiger partial charge in [0.05, 0.1) is 6.04 Å². The smallest absolute Gasteiger partial charge is 0.244 e. The lowest BCUT2D eigenvalue weighted by Crippen LogP contribution is -2.55. The van der Waals surface area contributed by atoms with Gasteiger partial charge in [0.25, 0.3) is 0 Å². The summed E-state index contributed by atoms with van der Waals surface area (Å²) in [6.07, 6.45) is 0. The highest BCUT2D eigenvalue weighted by atomic mass is 16.2. The molecule has 1 aliphatic rings. The van der Waals surface area contributed by atoms with E-state index < -0.39 is 0 Å². The van der Waals surface area contributed by atoms with Crippen molar-refractivity contribution in [2.24, 2.45) is 0 Å². The summed E-state index contributed by atoms with van der Waals surface area (Å²) in [6, 6.07) is 16.5. The van der Waals surface area contributed by atoms with Gasteiger partial charge in [-0.3, -0.25) is 9.69 Å². The molecule has 1 saturated heterocycles. The molecule has 3 rings (SSSR count). The largest absolute Gasteiger partial charge is 0.310 e. The number of carbonyl (C=O) groups excluding carboxylic acids is 1. The minimum atomic E-state index is -0.0921. The van der Waals surface area contributed by atoms with Crippen molar-refractivity contribution in [2.75, 3.05) is 18.0 Å². The molecule has 0 spiro atoms. The van der Waals surface area contributed by atoms with E-state index >= 15 is 0 Å². The van der Waals surface area contributed by atoms with E-state index in [4.69, 9.17) is 0 Å². The number of hydrogen-bond acceptors (Lipinski definition) is 2. The standard InChI is InChI=1S/C20H24N2O/c1-15-9-10-19(13-16(15)2)22-12-11-21(17(3)20(22)23)14-18-7-5-4-6-8-18/h4-10,13,17H,11-12,14H2,1-3H3/t17-/m1/s1. The van der Waals surface area contributed by atoms with Crippen LogP contribution in [0.3, 0.4) is 0 Å². The molecule has 0 aromatic heterocycles. The van der Waals surface area contributed by atoms with Crippen molar-refractivity contribution in [3.05, 3.63) is 65.2 Å². The quantitative estimate of drug-likeness (QED) is 0.866. The first kappa shape index (κ1) is 15.8. The van der Waals surface area contributed by atoms with Crippen LogP contribution < -0.4 is 4.90 Å². The van der Waals surface area contributed by atoms with E-state index in [-0.39, 0.29) is 11.9 Å². The van der Waals surface area contributed by atoms with Crippen molar-refractivity contribution < 1.29 is 4.79 Å². The van der Waals surface area contributed by atoms with Crippen LogP contribution in [-0.4, -0.2) is 29.9 Å². The van der Waals surface area contributed by atoms with Gasteiger partial charge in [0, 0.05) is 25.3 Å². The predicted octanol–water partition coefficient (Wildman–Crippen LogP) is 3.54. The normalized spacial score (nSPS) is 19.2. The van der Waals surface area contributed by atoms with Crippen LogP contribution in [-0.2, 0) is 11.3 Å². The third kappa shape index (κ3) is 3.30. The van der Waals surface area contributed by atoms with Crippen molar-refractivity contribution in [2.45, 2.75) is 33.4 Å². The van der Waals surface area contributed by atoms with Crippen molar-refractivity contribution in [3.8, 4) is 0 Å². The molecule has 1 aliphatic heterocycles. The lowest BCUT2D eigenvalue weighted by Gasteiger charge is -2.39. The van der Waals surface area contributed by atoms with Crippen LogP contribution in [0, 0.1) is 13.8 Å². The summed E-state index contributed by atoms with van der Waals surface area (Å²) in [5.74, 6) is 0.190. The molecule has 3 heteroatoms. The molecule has 2 aromatic rings. The van der Waals surface area contributed by atoms with E-state index in [1.807, 2.05) is 30.0 Å². The van der Waals surface area contributed by atoms with Crippen LogP contribution >= 0.6 is 0 Å². The third-order valence-electron chi connectivity index (χ3n) is 4.81. The van der Waals surface area contributed by atoms with Gasteiger partial charge in [-0.15, -0.1) is 0 Å². The van der Waals surface area contributed by atoms with Gasteiger partial charge >= 0.3 is 0 Å². The Balaban J connectivity index is 1.74. The van der Waals surface area contributed by atoms with Gasteiger partial charge in [-0.25, -0.2) is 0 Å². The van der Waals surface area contributed by atoms with Gasteiger partial charge < -0.3 is 4.90 Å². The summed E-state index contributed by atoms with van der Waals surface area (Å²) in [5, 5.41) is 0. The Morgan fingerprint density at radius 3 is 2.43 bits per heavy atom. The molecule has 1 heterocycles. The van der Waals surface area contributed by atoms with Gasteiger partial charge in [-0.1, -0.05) is 36.4 Å². The summed E-state index contributed by atoms with van der Waals surface area (Å²) in [7, 11) is 0. The maximum Gasteiger partial charge on any atom is 0.244 e. The molecule has 0 aliphatic carbocycles. The molecule has 0 radical (unpaired) electrons. The highest BCUT2D eigenvalue weighted by Crippen LogP contribution is 2.24. The van der Waals surface area contributed by atoms with Gasteiger partial charge in [0.2, 0.25) is 5.91 Å². The molecule has 23 heavy (non-hydrogen) atoms. The number of rotatable bonds is 3.